The Hall–Kier alpha value is -1.57. The Kier molecular flexibility index (Phi) is 8.68. The number of aryl methyl sites for hydroxylation is 3. The third kappa shape index (κ3) is 7.02. The lowest BCUT2D eigenvalue weighted by molar-refractivity contribution is 0.567. The lowest BCUT2D eigenvalue weighted by Crippen LogP contribution is -2.33. The highest BCUT2D eigenvalue weighted by Gasteiger charge is 2.00. The van der Waals surface area contributed by atoms with Crippen LogP contribution >= 0.6 is 24.0 Å². The Morgan fingerprint density at radius 2 is 2.00 bits per heavy atom. The predicted molar refractivity (Wildman–Crippen MR) is 106 cm³/mol. The number of aliphatic imine (C=N–C) groups is 1. The first-order chi connectivity index (χ1) is 10.6. The molecule has 3 N–H and O–H groups in total. The van der Waals surface area contributed by atoms with E-state index in [0.717, 1.165) is 31.6 Å². The van der Waals surface area contributed by atoms with E-state index in [2.05, 4.69) is 40.5 Å². The number of guanidine groups is 1. The van der Waals surface area contributed by atoms with Crippen molar-refractivity contribution in [2.45, 2.75) is 33.2 Å². The highest BCUT2D eigenvalue weighted by Crippen LogP contribution is 2.02. The molecule has 1 heterocycles. The lowest BCUT2D eigenvalue weighted by atomic mass is 10.1. The monoisotopic (exact) mass is 427 g/mol. The summed E-state index contributed by atoms with van der Waals surface area (Å²) in [4.78, 5) is 4.35. The molecule has 0 saturated carbocycles. The van der Waals surface area contributed by atoms with E-state index in [9.17, 15) is 0 Å². The molecule has 0 aliphatic rings. The summed E-state index contributed by atoms with van der Waals surface area (Å²) in [5.74, 6) is 0.518. The molecule has 5 nitrogen and oxygen atoms in total. The summed E-state index contributed by atoms with van der Waals surface area (Å²) in [6, 6.07) is 12.4. The van der Waals surface area contributed by atoms with E-state index in [0.29, 0.717) is 12.5 Å². The van der Waals surface area contributed by atoms with Gasteiger partial charge in [0.25, 0.3) is 0 Å². The molecular weight excluding hydrogens is 401 g/mol. The normalized spacial score (nSPS) is 11.1. The number of nitrogens with one attached hydrogen (secondary N) is 1. The molecule has 0 radical (unpaired) electrons. The van der Waals surface area contributed by atoms with Gasteiger partial charge in [-0.05, 0) is 38.3 Å². The highest BCUT2D eigenvalue weighted by molar-refractivity contribution is 14.0. The Morgan fingerprint density at radius 3 is 2.65 bits per heavy atom. The quantitative estimate of drug-likeness (QED) is 0.309. The number of aromatic nitrogens is 2. The van der Waals surface area contributed by atoms with Crippen LogP contribution in [0.1, 0.15) is 23.4 Å². The lowest BCUT2D eigenvalue weighted by Gasteiger charge is -2.06. The first-order valence-corrected chi connectivity index (χ1v) is 7.74. The molecule has 0 fully saturated rings. The van der Waals surface area contributed by atoms with Crippen LogP contribution in [0.15, 0.2) is 41.4 Å². The summed E-state index contributed by atoms with van der Waals surface area (Å²) in [5, 5.41) is 7.58. The third-order valence-corrected chi connectivity index (χ3v) is 3.48. The van der Waals surface area contributed by atoms with Crippen LogP contribution < -0.4 is 11.1 Å². The van der Waals surface area contributed by atoms with Gasteiger partial charge in [0, 0.05) is 25.3 Å². The molecule has 2 aromatic rings. The van der Waals surface area contributed by atoms with Crippen LogP contribution in [0.3, 0.4) is 0 Å². The number of nitrogens with two attached hydrogens (primary N) is 1. The van der Waals surface area contributed by atoms with E-state index < -0.39 is 0 Å². The van der Waals surface area contributed by atoms with Gasteiger partial charge < -0.3 is 11.1 Å². The van der Waals surface area contributed by atoms with Gasteiger partial charge in [-0.1, -0.05) is 30.3 Å². The van der Waals surface area contributed by atoms with E-state index in [1.165, 1.54) is 11.3 Å². The molecule has 1 aromatic carbocycles. The Balaban J connectivity index is 0.00000264. The molecule has 126 valence electrons. The fourth-order valence-corrected chi connectivity index (χ4v) is 2.36. The van der Waals surface area contributed by atoms with Gasteiger partial charge in [-0.3, -0.25) is 9.67 Å². The third-order valence-electron chi connectivity index (χ3n) is 3.48. The number of benzene rings is 1. The zero-order valence-electron chi connectivity index (χ0n) is 13.8. The van der Waals surface area contributed by atoms with Crippen LogP contribution in [0.4, 0.5) is 0 Å². The van der Waals surface area contributed by atoms with Gasteiger partial charge in [0.15, 0.2) is 5.96 Å². The van der Waals surface area contributed by atoms with Crippen molar-refractivity contribution in [3.63, 3.8) is 0 Å². The van der Waals surface area contributed by atoms with Gasteiger partial charge in [-0.25, -0.2) is 0 Å². The van der Waals surface area contributed by atoms with E-state index in [-0.39, 0.29) is 24.0 Å². The average Bonchev–Trinajstić information content (AvgIpc) is 2.83. The van der Waals surface area contributed by atoms with E-state index in [1.807, 2.05) is 29.8 Å². The van der Waals surface area contributed by atoms with Crippen molar-refractivity contribution in [2.75, 3.05) is 13.1 Å². The first kappa shape index (κ1) is 19.5. The fourth-order valence-electron chi connectivity index (χ4n) is 2.36. The van der Waals surface area contributed by atoms with E-state index >= 15 is 0 Å². The molecule has 0 aliphatic heterocycles. The maximum atomic E-state index is 5.87. The summed E-state index contributed by atoms with van der Waals surface area (Å²) in [7, 11) is 0. The van der Waals surface area contributed by atoms with Crippen LogP contribution in [0.5, 0.6) is 0 Å². The number of hydrogen-bond acceptors (Lipinski definition) is 2. The molecule has 0 atom stereocenters. The van der Waals surface area contributed by atoms with Crippen molar-refractivity contribution < 1.29 is 0 Å². The van der Waals surface area contributed by atoms with Crippen molar-refractivity contribution in [3.05, 3.63) is 53.3 Å². The van der Waals surface area contributed by atoms with Crippen molar-refractivity contribution in [1.82, 2.24) is 15.1 Å². The molecule has 0 spiro atoms. The topological polar surface area (TPSA) is 68.2 Å². The minimum atomic E-state index is 0. The average molecular weight is 427 g/mol. The molecule has 0 bridgehead atoms. The SMILES string of the molecule is Cc1cc(C)n(CCCN=C(N)NCCc2ccccc2)n1.I. The van der Waals surface area contributed by atoms with Crippen LogP contribution in [-0.2, 0) is 13.0 Å². The molecule has 6 heteroatoms. The zero-order chi connectivity index (χ0) is 15.8. The second-order valence-electron chi connectivity index (χ2n) is 5.43. The zero-order valence-corrected chi connectivity index (χ0v) is 16.2. The van der Waals surface area contributed by atoms with Gasteiger partial charge >= 0.3 is 0 Å². The van der Waals surface area contributed by atoms with Crippen molar-refractivity contribution in [2.24, 2.45) is 10.7 Å². The van der Waals surface area contributed by atoms with Crippen LogP contribution in [-0.4, -0.2) is 28.8 Å². The van der Waals surface area contributed by atoms with Gasteiger partial charge in [0.1, 0.15) is 0 Å². The van der Waals surface area contributed by atoms with Crippen LogP contribution in [0.2, 0.25) is 0 Å². The summed E-state index contributed by atoms with van der Waals surface area (Å²) in [6.45, 7) is 6.47. The highest BCUT2D eigenvalue weighted by atomic mass is 127. The Labute approximate surface area is 155 Å². The second kappa shape index (κ2) is 10.3. The minimum Gasteiger partial charge on any atom is -0.370 e. The Bertz CT molecular complexity index is 607. The van der Waals surface area contributed by atoms with Gasteiger partial charge in [-0.2, -0.15) is 5.10 Å². The molecule has 0 amide bonds. The van der Waals surface area contributed by atoms with Crippen molar-refractivity contribution in [1.29, 1.82) is 0 Å². The molecule has 2 rings (SSSR count). The molecular formula is C17H26IN5. The number of rotatable bonds is 7. The summed E-state index contributed by atoms with van der Waals surface area (Å²) < 4.78 is 2.02. The predicted octanol–water partition coefficient (Wildman–Crippen LogP) is 2.66. The maximum Gasteiger partial charge on any atom is 0.188 e. The maximum absolute atomic E-state index is 5.87. The summed E-state index contributed by atoms with van der Waals surface area (Å²) >= 11 is 0. The molecule has 1 aromatic heterocycles. The van der Waals surface area contributed by atoms with Crippen LogP contribution in [0, 0.1) is 13.8 Å². The standard InChI is InChI=1S/C17H25N5.HI/c1-14-13-15(2)22(21-14)12-6-10-19-17(18)20-11-9-16-7-4-3-5-8-16;/h3-5,7-8,13H,6,9-12H2,1-2H3,(H3,18,19,20);1H. The molecule has 0 aliphatic carbocycles. The van der Waals surface area contributed by atoms with Crippen LogP contribution in [0.25, 0.3) is 0 Å². The van der Waals surface area contributed by atoms with Gasteiger partial charge in [0.05, 0.1) is 5.69 Å². The molecule has 0 unspecified atom stereocenters. The van der Waals surface area contributed by atoms with E-state index in [4.69, 9.17) is 5.73 Å². The van der Waals surface area contributed by atoms with Gasteiger partial charge in [0.2, 0.25) is 0 Å². The first-order valence-electron chi connectivity index (χ1n) is 7.74. The van der Waals surface area contributed by atoms with Gasteiger partial charge in [-0.15, -0.1) is 24.0 Å². The minimum absolute atomic E-state index is 0. The van der Waals surface area contributed by atoms with E-state index in [1.54, 1.807) is 0 Å². The van der Waals surface area contributed by atoms with Crippen molar-refractivity contribution in [3.8, 4) is 0 Å². The number of nitrogens with zero attached hydrogens (tertiary/aromatic N) is 3. The Morgan fingerprint density at radius 1 is 1.26 bits per heavy atom. The number of halogens is 1. The summed E-state index contributed by atoms with van der Waals surface area (Å²) in [5.41, 5.74) is 9.41. The molecule has 0 saturated heterocycles. The second-order valence-corrected chi connectivity index (χ2v) is 5.43. The smallest absolute Gasteiger partial charge is 0.188 e. The largest absolute Gasteiger partial charge is 0.370 e. The molecule has 23 heavy (non-hydrogen) atoms. The fraction of sp³-hybridized carbons (Fsp3) is 0.412. The summed E-state index contributed by atoms with van der Waals surface area (Å²) in [6.07, 6.45) is 1.88. The van der Waals surface area contributed by atoms with Crippen molar-refractivity contribution >= 4 is 29.9 Å². The number of hydrogen-bond donors (Lipinski definition) is 2.